The van der Waals surface area contributed by atoms with E-state index in [2.05, 4.69) is 6.92 Å². The molecule has 0 bridgehead atoms. The first-order valence-electron chi connectivity index (χ1n) is 8.54. The molecule has 2 N–H and O–H groups in total. The lowest BCUT2D eigenvalue weighted by molar-refractivity contribution is 0.265. The van der Waals surface area contributed by atoms with Crippen LogP contribution in [0.4, 0.5) is 0 Å². The smallest absolute Gasteiger partial charge is 0.0280 e. The van der Waals surface area contributed by atoms with Gasteiger partial charge in [-0.05, 0) is 60.2 Å². The summed E-state index contributed by atoms with van der Waals surface area (Å²) < 4.78 is 22.7. The fourth-order valence-corrected chi connectivity index (χ4v) is 4.24. The van der Waals surface area contributed by atoms with Crippen LogP contribution in [0.2, 0.25) is 0 Å². The van der Waals surface area contributed by atoms with Gasteiger partial charge in [0.15, 0.2) is 0 Å². The van der Waals surface area contributed by atoms with E-state index in [1.807, 2.05) is 12.1 Å². The Labute approximate surface area is 137 Å². The minimum atomic E-state index is -2.16. The third-order valence-electron chi connectivity index (χ3n) is 5.10. The predicted octanol–water partition coefficient (Wildman–Crippen LogP) is 3.79. The molecule has 2 rings (SSSR count). The van der Waals surface area contributed by atoms with E-state index in [9.17, 15) is 8.76 Å². The minimum Gasteiger partial charge on any atom is -0.768 e. The molecule has 0 aromatic heterocycles. The molecule has 2 unspecified atom stereocenters. The summed E-state index contributed by atoms with van der Waals surface area (Å²) in [6.45, 7) is 2.18. The Hall–Kier alpha value is -0.710. The molecule has 1 aromatic carbocycles. The van der Waals surface area contributed by atoms with Gasteiger partial charge in [-0.2, -0.15) is 0 Å². The fraction of sp³-hybridized carbons (Fsp3) is 0.667. The van der Waals surface area contributed by atoms with Crippen molar-refractivity contribution < 1.29 is 8.76 Å². The van der Waals surface area contributed by atoms with E-state index in [0.29, 0.717) is 16.7 Å². The van der Waals surface area contributed by atoms with Crippen LogP contribution in [0, 0.1) is 11.8 Å². The maximum Gasteiger partial charge on any atom is 0.0280 e. The normalized spacial score (nSPS) is 20.5. The van der Waals surface area contributed by atoms with Gasteiger partial charge < -0.3 is 10.3 Å². The number of hydrogen-bond donors (Lipinski definition) is 1. The molecular formula is C18H28NO2S-. The molecule has 0 saturated heterocycles. The Kier molecular flexibility index (Phi) is 7.06. The molecule has 0 amide bonds. The molecule has 4 heteroatoms. The summed E-state index contributed by atoms with van der Waals surface area (Å²) in [7, 11) is 0. The monoisotopic (exact) mass is 322 g/mol. The summed E-state index contributed by atoms with van der Waals surface area (Å²) in [6, 6.07) is 7.57. The van der Waals surface area contributed by atoms with E-state index < -0.39 is 11.1 Å². The van der Waals surface area contributed by atoms with Crippen molar-refractivity contribution in [1.82, 2.24) is 0 Å². The second-order valence-electron chi connectivity index (χ2n) is 6.62. The Morgan fingerprint density at radius 2 is 1.95 bits per heavy atom. The predicted molar refractivity (Wildman–Crippen MR) is 90.3 cm³/mol. The van der Waals surface area contributed by atoms with Crippen LogP contribution in [0.1, 0.15) is 57.4 Å². The zero-order valence-electron chi connectivity index (χ0n) is 13.5. The van der Waals surface area contributed by atoms with Crippen LogP contribution in [0.15, 0.2) is 29.2 Å². The molecule has 0 spiro atoms. The second kappa shape index (κ2) is 8.80. The highest BCUT2D eigenvalue weighted by Gasteiger charge is 2.23. The van der Waals surface area contributed by atoms with Crippen molar-refractivity contribution in [2.24, 2.45) is 17.6 Å². The van der Waals surface area contributed by atoms with Crippen LogP contribution in [0.5, 0.6) is 0 Å². The summed E-state index contributed by atoms with van der Waals surface area (Å²) in [5.41, 5.74) is 7.38. The lowest BCUT2D eigenvalue weighted by atomic mass is 9.79. The lowest BCUT2D eigenvalue weighted by Crippen LogP contribution is -2.34. The summed E-state index contributed by atoms with van der Waals surface area (Å²) in [5.74, 6) is 1.12. The molecule has 1 aliphatic carbocycles. The molecule has 3 nitrogen and oxygen atoms in total. The molecule has 0 aliphatic heterocycles. The van der Waals surface area contributed by atoms with E-state index in [4.69, 9.17) is 5.73 Å². The van der Waals surface area contributed by atoms with Crippen LogP contribution in [0.3, 0.4) is 0 Å². The van der Waals surface area contributed by atoms with Crippen LogP contribution >= 0.6 is 0 Å². The Morgan fingerprint density at radius 3 is 2.59 bits per heavy atom. The molecule has 0 radical (unpaired) electrons. The van der Waals surface area contributed by atoms with Gasteiger partial charge in [0, 0.05) is 10.9 Å². The van der Waals surface area contributed by atoms with Gasteiger partial charge in [-0.1, -0.05) is 50.8 Å². The van der Waals surface area contributed by atoms with Gasteiger partial charge >= 0.3 is 0 Å². The topological polar surface area (TPSA) is 66.1 Å². The van der Waals surface area contributed by atoms with E-state index in [-0.39, 0.29) is 6.04 Å². The van der Waals surface area contributed by atoms with Gasteiger partial charge in [-0.3, -0.25) is 4.21 Å². The summed E-state index contributed by atoms with van der Waals surface area (Å²) in [6.07, 6.45) is 9.35. The van der Waals surface area contributed by atoms with E-state index >= 15 is 0 Å². The first kappa shape index (κ1) is 17.6. The van der Waals surface area contributed by atoms with Crippen molar-refractivity contribution in [1.29, 1.82) is 0 Å². The van der Waals surface area contributed by atoms with E-state index in [0.717, 1.165) is 24.8 Å². The molecule has 0 heterocycles. The molecule has 3 atom stereocenters. The highest BCUT2D eigenvalue weighted by Crippen LogP contribution is 2.30. The van der Waals surface area contributed by atoms with Gasteiger partial charge in [0.1, 0.15) is 0 Å². The van der Waals surface area contributed by atoms with Crippen molar-refractivity contribution >= 4 is 11.1 Å². The SMILES string of the molecule is CCC(Cc1ccccc1S(=O)[O-])C[C@@H](N)C1CCCCC1. The molecule has 124 valence electrons. The van der Waals surface area contributed by atoms with Gasteiger partial charge in [0.05, 0.1) is 0 Å². The van der Waals surface area contributed by atoms with Crippen LogP contribution in [-0.4, -0.2) is 14.8 Å². The molecule has 1 saturated carbocycles. The molecule has 1 aliphatic rings. The van der Waals surface area contributed by atoms with Crippen molar-refractivity contribution in [3.05, 3.63) is 29.8 Å². The third-order valence-corrected chi connectivity index (χ3v) is 5.86. The summed E-state index contributed by atoms with van der Waals surface area (Å²) >= 11 is -2.16. The van der Waals surface area contributed by atoms with Crippen LogP contribution in [0.25, 0.3) is 0 Å². The lowest BCUT2D eigenvalue weighted by Gasteiger charge is -2.30. The fourth-order valence-electron chi connectivity index (χ4n) is 3.68. The van der Waals surface area contributed by atoms with Crippen LogP contribution < -0.4 is 5.73 Å². The Bertz CT molecular complexity index is 486. The number of nitrogens with two attached hydrogens (primary N) is 1. The molecule has 1 aromatic rings. The number of hydrogen-bond acceptors (Lipinski definition) is 3. The van der Waals surface area contributed by atoms with Crippen molar-refractivity contribution in [3.8, 4) is 0 Å². The number of benzene rings is 1. The van der Waals surface area contributed by atoms with E-state index in [1.165, 1.54) is 32.1 Å². The minimum absolute atomic E-state index is 0.259. The highest BCUT2D eigenvalue weighted by atomic mass is 32.2. The average Bonchev–Trinajstić information content (AvgIpc) is 2.55. The molecule has 1 fully saturated rings. The van der Waals surface area contributed by atoms with Crippen LogP contribution in [-0.2, 0) is 17.5 Å². The zero-order chi connectivity index (χ0) is 15.9. The highest BCUT2D eigenvalue weighted by molar-refractivity contribution is 7.79. The maximum atomic E-state index is 11.3. The standard InChI is InChI=1S/C18H29NO2S/c1-2-14(13-17(19)15-8-4-3-5-9-15)12-16-10-6-7-11-18(16)22(20)21/h6-7,10-11,14-15,17H,2-5,8-9,12-13,19H2,1H3,(H,20,21)/p-1/t14?,17-/m1/s1. The van der Waals surface area contributed by atoms with E-state index in [1.54, 1.807) is 12.1 Å². The van der Waals surface area contributed by atoms with Gasteiger partial charge in [-0.25, -0.2) is 0 Å². The number of rotatable bonds is 7. The van der Waals surface area contributed by atoms with Crippen molar-refractivity contribution in [2.45, 2.75) is 69.2 Å². The Morgan fingerprint density at radius 1 is 1.27 bits per heavy atom. The maximum absolute atomic E-state index is 11.3. The second-order valence-corrected chi connectivity index (χ2v) is 7.53. The van der Waals surface area contributed by atoms with Crippen molar-refractivity contribution in [2.75, 3.05) is 0 Å². The molecular weight excluding hydrogens is 294 g/mol. The van der Waals surface area contributed by atoms with Gasteiger partial charge in [0.25, 0.3) is 0 Å². The van der Waals surface area contributed by atoms with Crippen molar-refractivity contribution in [3.63, 3.8) is 0 Å². The summed E-state index contributed by atoms with van der Waals surface area (Å²) in [5, 5.41) is 0. The quantitative estimate of drug-likeness (QED) is 0.777. The van der Waals surface area contributed by atoms with Gasteiger partial charge in [-0.15, -0.1) is 0 Å². The summed E-state index contributed by atoms with van der Waals surface area (Å²) in [4.78, 5) is 0.437. The molecule has 22 heavy (non-hydrogen) atoms. The first-order chi connectivity index (χ1) is 10.6. The largest absolute Gasteiger partial charge is 0.768 e. The average molecular weight is 322 g/mol. The third kappa shape index (κ3) is 4.90. The van der Waals surface area contributed by atoms with Gasteiger partial charge in [0.2, 0.25) is 0 Å². The Balaban J connectivity index is 1.98. The zero-order valence-corrected chi connectivity index (χ0v) is 14.3. The first-order valence-corrected chi connectivity index (χ1v) is 9.62.